The Labute approximate surface area is 138 Å². The smallest absolute Gasteiger partial charge is 0.198 e. The second-order valence-electron chi connectivity index (χ2n) is 4.12. The van der Waals surface area contributed by atoms with Gasteiger partial charge in [0, 0.05) is 10.0 Å². The van der Waals surface area contributed by atoms with Gasteiger partial charge in [-0.1, -0.05) is 15.9 Å². The van der Waals surface area contributed by atoms with Crippen LogP contribution in [0.3, 0.4) is 0 Å². The molecule has 0 aliphatic carbocycles. The molecule has 110 valence electrons. The van der Waals surface area contributed by atoms with Gasteiger partial charge in [-0.05, 0) is 46.3 Å². The van der Waals surface area contributed by atoms with E-state index in [9.17, 15) is 9.18 Å². The number of benzene rings is 2. The van der Waals surface area contributed by atoms with Gasteiger partial charge in [0.1, 0.15) is 21.8 Å². The van der Waals surface area contributed by atoms with Crippen LogP contribution >= 0.6 is 31.9 Å². The maximum atomic E-state index is 13.4. The van der Waals surface area contributed by atoms with Crippen molar-refractivity contribution < 1.29 is 18.7 Å². The summed E-state index contributed by atoms with van der Waals surface area (Å²) in [6, 6.07) is 7.19. The van der Waals surface area contributed by atoms with Gasteiger partial charge < -0.3 is 9.47 Å². The molecule has 2 rings (SSSR count). The highest BCUT2D eigenvalue weighted by Crippen LogP contribution is 2.38. The average Bonchev–Trinajstić information content (AvgIpc) is 2.48. The predicted octanol–water partition coefficient (Wildman–Crippen LogP) is 4.60. The zero-order valence-electron chi connectivity index (χ0n) is 11.2. The number of hydrogen-bond acceptors (Lipinski definition) is 3. The van der Waals surface area contributed by atoms with E-state index >= 15 is 0 Å². The second kappa shape index (κ2) is 6.58. The van der Waals surface area contributed by atoms with E-state index in [4.69, 9.17) is 9.47 Å². The molecule has 2 aromatic rings. The number of halogens is 3. The van der Waals surface area contributed by atoms with Crippen LogP contribution in [0.25, 0.3) is 0 Å². The lowest BCUT2D eigenvalue weighted by molar-refractivity contribution is 0.103. The summed E-state index contributed by atoms with van der Waals surface area (Å²) in [5.41, 5.74) is 0.543. The number of ketones is 1. The van der Waals surface area contributed by atoms with Crippen molar-refractivity contribution in [1.29, 1.82) is 0 Å². The van der Waals surface area contributed by atoms with Crippen molar-refractivity contribution in [3.8, 4) is 11.5 Å². The molecule has 0 fully saturated rings. The van der Waals surface area contributed by atoms with Gasteiger partial charge in [0.15, 0.2) is 5.78 Å². The van der Waals surface area contributed by atoms with Crippen LogP contribution in [0.1, 0.15) is 15.9 Å². The van der Waals surface area contributed by atoms with Crippen LogP contribution in [0, 0.1) is 5.82 Å². The summed E-state index contributed by atoms with van der Waals surface area (Å²) >= 11 is 6.60. The minimum absolute atomic E-state index is 0.227. The third-order valence-electron chi connectivity index (χ3n) is 2.90. The van der Waals surface area contributed by atoms with Gasteiger partial charge in [0.2, 0.25) is 0 Å². The summed E-state index contributed by atoms with van der Waals surface area (Å²) in [7, 11) is 2.97. The number of methoxy groups -OCH3 is 2. The van der Waals surface area contributed by atoms with Crippen LogP contribution in [0.4, 0.5) is 4.39 Å². The molecule has 0 saturated heterocycles. The Balaban J connectivity index is 2.58. The monoisotopic (exact) mass is 416 g/mol. The van der Waals surface area contributed by atoms with Crippen LogP contribution < -0.4 is 9.47 Å². The molecule has 0 atom stereocenters. The highest BCUT2D eigenvalue weighted by atomic mass is 79.9. The number of carbonyl (C=O) groups is 1. The fourth-order valence-electron chi connectivity index (χ4n) is 1.89. The molecule has 0 radical (unpaired) electrons. The molecule has 0 bridgehead atoms. The number of ether oxygens (including phenoxy) is 2. The lowest BCUT2D eigenvalue weighted by Gasteiger charge is -2.13. The fourth-order valence-corrected chi connectivity index (χ4v) is 2.99. The molecule has 0 N–H and O–H groups in total. The molecule has 0 aliphatic rings. The van der Waals surface area contributed by atoms with Gasteiger partial charge in [-0.15, -0.1) is 0 Å². The van der Waals surface area contributed by atoms with Gasteiger partial charge in [-0.2, -0.15) is 0 Å². The average molecular weight is 418 g/mol. The maximum absolute atomic E-state index is 13.4. The molecular formula is C15H11Br2FO3. The summed E-state index contributed by atoms with van der Waals surface area (Å²) < 4.78 is 24.9. The third kappa shape index (κ3) is 3.11. The zero-order chi connectivity index (χ0) is 15.6. The predicted molar refractivity (Wildman–Crippen MR) is 84.8 cm³/mol. The Bertz CT molecular complexity index is 702. The van der Waals surface area contributed by atoms with Crippen molar-refractivity contribution in [2.24, 2.45) is 0 Å². The van der Waals surface area contributed by atoms with E-state index < -0.39 is 5.82 Å². The van der Waals surface area contributed by atoms with E-state index in [2.05, 4.69) is 31.9 Å². The van der Waals surface area contributed by atoms with Crippen LogP contribution in [-0.2, 0) is 0 Å². The van der Waals surface area contributed by atoms with Crippen LogP contribution in [0.15, 0.2) is 39.3 Å². The Morgan fingerprint density at radius 2 is 1.76 bits per heavy atom. The van der Waals surface area contributed by atoms with Gasteiger partial charge in [0.25, 0.3) is 0 Å². The van der Waals surface area contributed by atoms with Gasteiger partial charge >= 0.3 is 0 Å². The van der Waals surface area contributed by atoms with Crippen LogP contribution in [-0.4, -0.2) is 20.0 Å². The van der Waals surface area contributed by atoms with E-state index in [0.29, 0.717) is 26.0 Å². The lowest BCUT2D eigenvalue weighted by Crippen LogP contribution is -2.06. The van der Waals surface area contributed by atoms with Crippen LogP contribution in [0.5, 0.6) is 11.5 Å². The SMILES string of the molecule is COc1ccc(C(=O)c2cc(F)ccc2Br)c(OC)c1Br. The molecule has 2 aromatic carbocycles. The van der Waals surface area contributed by atoms with E-state index in [1.165, 1.54) is 32.4 Å². The number of hydrogen-bond donors (Lipinski definition) is 0. The first-order valence-corrected chi connectivity index (χ1v) is 7.48. The van der Waals surface area contributed by atoms with Gasteiger partial charge in [-0.3, -0.25) is 4.79 Å². The summed E-state index contributed by atoms with van der Waals surface area (Å²) in [4.78, 5) is 12.6. The van der Waals surface area contributed by atoms with E-state index in [1.54, 1.807) is 12.1 Å². The first kappa shape index (κ1) is 16.0. The molecule has 3 nitrogen and oxygen atoms in total. The normalized spacial score (nSPS) is 10.3. The van der Waals surface area contributed by atoms with Gasteiger partial charge in [-0.25, -0.2) is 4.39 Å². The van der Waals surface area contributed by atoms with Gasteiger partial charge in [0.05, 0.1) is 19.8 Å². The van der Waals surface area contributed by atoms with Crippen LogP contribution in [0.2, 0.25) is 0 Å². The fraction of sp³-hybridized carbons (Fsp3) is 0.133. The first-order chi connectivity index (χ1) is 9.99. The quantitative estimate of drug-likeness (QED) is 0.682. The molecule has 0 amide bonds. The Hall–Kier alpha value is -1.40. The third-order valence-corrected chi connectivity index (χ3v) is 4.35. The van der Waals surface area contributed by atoms with Crippen molar-refractivity contribution in [1.82, 2.24) is 0 Å². The minimum Gasteiger partial charge on any atom is -0.495 e. The summed E-state index contributed by atoms with van der Waals surface area (Å²) in [5.74, 6) is 0.0619. The molecule has 6 heteroatoms. The molecule has 0 heterocycles. The number of rotatable bonds is 4. The highest BCUT2D eigenvalue weighted by Gasteiger charge is 2.21. The van der Waals surface area contributed by atoms with Crippen molar-refractivity contribution in [2.45, 2.75) is 0 Å². The molecule has 21 heavy (non-hydrogen) atoms. The van der Waals surface area contributed by atoms with E-state index in [1.807, 2.05) is 0 Å². The standard InChI is InChI=1S/C15H11Br2FO3/c1-20-12-6-4-9(15(21-2)13(12)17)14(19)10-7-8(18)3-5-11(10)16/h3-7H,1-2H3. The molecule has 0 spiro atoms. The molecule has 0 aromatic heterocycles. The summed E-state index contributed by atoms with van der Waals surface area (Å²) in [6.07, 6.45) is 0. The van der Waals surface area contributed by atoms with Crippen molar-refractivity contribution in [3.63, 3.8) is 0 Å². The molecule has 0 saturated carbocycles. The minimum atomic E-state index is -0.479. The topological polar surface area (TPSA) is 35.5 Å². The number of carbonyl (C=O) groups excluding carboxylic acids is 1. The van der Waals surface area contributed by atoms with Crippen molar-refractivity contribution in [3.05, 3.63) is 56.2 Å². The molecular weight excluding hydrogens is 407 g/mol. The first-order valence-electron chi connectivity index (χ1n) is 5.89. The molecule has 0 unspecified atom stereocenters. The Kier molecular flexibility index (Phi) is 5.00. The van der Waals surface area contributed by atoms with Crippen molar-refractivity contribution in [2.75, 3.05) is 14.2 Å². The van der Waals surface area contributed by atoms with E-state index in [0.717, 1.165) is 0 Å². The second-order valence-corrected chi connectivity index (χ2v) is 5.76. The zero-order valence-corrected chi connectivity index (χ0v) is 14.4. The lowest BCUT2D eigenvalue weighted by atomic mass is 10.0. The van der Waals surface area contributed by atoms with E-state index in [-0.39, 0.29) is 11.3 Å². The summed E-state index contributed by atoms with van der Waals surface area (Å²) in [6.45, 7) is 0. The summed E-state index contributed by atoms with van der Waals surface area (Å²) in [5, 5.41) is 0. The molecule has 0 aliphatic heterocycles. The largest absolute Gasteiger partial charge is 0.495 e. The highest BCUT2D eigenvalue weighted by molar-refractivity contribution is 9.11. The van der Waals surface area contributed by atoms with Crippen molar-refractivity contribution >= 4 is 37.6 Å². The Morgan fingerprint density at radius 3 is 2.38 bits per heavy atom. The maximum Gasteiger partial charge on any atom is 0.198 e. The Morgan fingerprint density at radius 1 is 1.05 bits per heavy atom.